The van der Waals surface area contributed by atoms with Crippen LogP contribution in [0.3, 0.4) is 0 Å². The topological polar surface area (TPSA) is 50.4 Å². The third-order valence-electron chi connectivity index (χ3n) is 2.05. The van der Waals surface area contributed by atoms with Gasteiger partial charge in [-0.1, -0.05) is 0 Å². The fourth-order valence-electron chi connectivity index (χ4n) is 1.39. The van der Waals surface area contributed by atoms with E-state index < -0.39 is 0 Å². The van der Waals surface area contributed by atoms with Crippen LogP contribution < -0.4 is 10.6 Å². The van der Waals surface area contributed by atoms with E-state index in [0.717, 1.165) is 19.4 Å². The van der Waals surface area contributed by atoms with Crippen molar-refractivity contribution in [3.05, 3.63) is 0 Å². The molecule has 0 saturated carbocycles. The van der Waals surface area contributed by atoms with Crippen LogP contribution >= 0.6 is 0 Å². The number of amides is 2. The minimum atomic E-state index is -0.103. The predicted molar refractivity (Wildman–Crippen MR) is 46.0 cm³/mol. The summed E-state index contributed by atoms with van der Waals surface area (Å²) >= 11 is 0. The number of hydrogen-bond acceptors (Lipinski definition) is 2. The van der Waals surface area contributed by atoms with E-state index in [-0.39, 0.29) is 18.2 Å². The summed E-state index contributed by atoms with van der Waals surface area (Å²) in [6.45, 7) is 2.77. The highest BCUT2D eigenvalue weighted by Gasteiger charge is 2.19. The van der Waals surface area contributed by atoms with E-state index in [0.29, 0.717) is 0 Å². The quantitative estimate of drug-likeness (QED) is 0.604. The lowest BCUT2D eigenvalue weighted by molar-refractivity contribution is 0.0154. The molecule has 12 heavy (non-hydrogen) atoms. The van der Waals surface area contributed by atoms with E-state index in [4.69, 9.17) is 4.74 Å². The molecule has 1 rings (SSSR count). The Labute approximate surface area is 72.7 Å². The zero-order valence-electron chi connectivity index (χ0n) is 7.59. The highest BCUT2D eigenvalue weighted by Crippen LogP contribution is 2.12. The van der Waals surface area contributed by atoms with E-state index in [1.54, 1.807) is 7.05 Å². The summed E-state index contributed by atoms with van der Waals surface area (Å²) in [6.07, 6.45) is 2.09. The van der Waals surface area contributed by atoms with Gasteiger partial charge in [0.05, 0.1) is 6.10 Å². The standard InChI is InChI=1S/C8H16N2O2/c1-6-5-7(3-4-12-6)10-8(11)9-2/h6-7H,3-5H2,1-2H3,(H2,9,10,11). The number of hydrogen-bond donors (Lipinski definition) is 2. The maximum atomic E-state index is 10.9. The Bertz CT molecular complexity index is 161. The lowest BCUT2D eigenvalue weighted by Crippen LogP contribution is -2.44. The van der Waals surface area contributed by atoms with E-state index in [1.165, 1.54) is 0 Å². The van der Waals surface area contributed by atoms with E-state index >= 15 is 0 Å². The molecule has 0 aromatic carbocycles. The SMILES string of the molecule is CNC(=O)NC1CCOC(C)C1. The average molecular weight is 172 g/mol. The fourth-order valence-corrected chi connectivity index (χ4v) is 1.39. The van der Waals surface area contributed by atoms with Gasteiger partial charge in [0.15, 0.2) is 0 Å². The van der Waals surface area contributed by atoms with Gasteiger partial charge in [0.1, 0.15) is 0 Å². The minimum Gasteiger partial charge on any atom is -0.378 e. The molecule has 2 atom stereocenters. The summed E-state index contributed by atoms with van der Waals surface area (Å²) in [5, 5.41) is 5.41. The van der Waals surface area contributed by atoms with E-state index in [2.05, 4.69) is 10.6 Å². The molecule has 2 amide bonds. The maximum Gasteiger partial charge on any atom is 0.314 e. The molecule has 2 unspecified atom stereocenters. The monoisotopic (exact) mass is 172 g/mol. The normalized spacial score (nSPS) is 29.5. The van der Waals surface area contributed by atoms with Crippen LogP contribution in [0.2, 0.25) is 0 Å². The van der Waals surface area contributed by atoms with Gasteiger partial charge in [-0.05, 0) is 19.8 Å². The number of urea groups is 1. The first-order valence-electron chi connectivity index (χ1n) is 4.32. The van der Waals surface area contributed by atoms with Crippen molar-refractivity contribution < 1.29 is 9.53 Å². The van der Waals surface area contributed by atoms with Crippen LogP contribution in [0.1, 0.15) is 19.8 Å². The molecule has 1 heterocycles. The Kier molecular flexibility index (Phi) is 3.34. The maximum absolute atomic E-state index is 10.9. The first kappa shape index (κ1) is 9.32. The van der Waals surface area contributed by atoms with Crippen molar-refractivity contribution in [2.45, 2.75) is 31.9 Å². The second-order valence-corrected chi connectivity index (χ2v) is 3.13. The molecule has 1 aliphatic rings. The van der Waals surface area contributed by atoms with Gasteiger partial charge < -0.3 is 15.4 Å². The Morgan fingerprint density at radius 2 is 2.33 bits per heavy atom. The third kappa shape index (κ3) is 2.70. The van der Waals surface area contributed by atoms with Gasteiger partial charge in [0.2, 0.25) is 0 Å². The average Bonchev–Trinajstić information content (AvgIpc) is 2.04. The number of carbonyl (C=O) groups excluding carboxylic acids is 1. The zero-order valence-corrected chi connectivity index (χ0v) is 7.59. The Hall–Kier alpha value is -0.770. The van der Waals surface area contributed by atoms with Crippen molar-refractivity contribution in [1.82, 2.24) is 10.6 Å². The van der Waals surface area contributed by atoms with Crippen molar-refractivity contribution in [3.8, 4) is 0 Å². The van der Waals surface area contributed by atoms with Crippen LogP contribution in [0.4, 0.5) is 4.79 Å². The van der Waals surface area contributed by atoms with Gasteiger partial charge in [0.25, 0.3) is 0 Å². The fraction of sp³-hybridized carbons (Fsp3) is 0.875. The molecule has 1 aliphatic heterocycles. The second kappa shape index (κ2) is 4.30. The third-order valence-corrected chi connectivity index (χ3v) is 2.05. The summed E-state index contributed by atoms with van der Waals surface area (Å²) in [7, 11) is 1.62. The molecule has 70 valence electrons. The smallest absolute Gasteiger partial charge is 0.314 e. The highest BCUT2D eigenvalue weighted by molar-refractivity contribution is 5.73. The van der Waals surface area contributed by atoms with Gasteiger partial charge in [-0.15, -0.1) is 0 Å². The van der Waals surface area contributed by atoms with Crippen LogP contribution in [0.15, 0.2) is 0 Å². The van der Waals surface area contributed by atoms with Gasteiger partial charge in [-0.2, -0.15) is 0 Å². The van der Waals surface area contributed by atoms with Crippen molar-refractivity contribution in [2.24, 2.45) is 0 Å². The number of carbonyl (C=O) groups is 1. The highest BCUT2D eigenvalue weighted by atomic mass is 16.5. The van der Waals surface area contributed by atoms with Crippen LogP contribution in [0.25, 0.3) is 0 Å². The molecule has 1 fully saturated rings. The number of nitrogens with one attached hydrogen (secondary N) is 2. The summed E-state index contributed by atoms with van der Waals surface area (Å²) in [4.78, 5) is 10.9. The summed E-state index contributed by atoms with van der Waals surface area (Å²) in [6, 6.07) is 0.169. The Morgan fingerprint density at radius 1 is 1.58 bits per heavy atom. The Morgan fingerprint density at radius 3 is 2.92 bits per heavy atom. The second-order valence-electron chi connectivity index (χ2n) is 3.13. The number of rotatable bonds is 1. The molecule has 1 saturated heterocycles. The van der Waals surface area contributed by atoms with Gasteiger partial charge in [0, 0.05) is 19.7 Å². The lowest BCUT2D eigenvalue weighted by atomic mass is 10.0. The van der Waals surface area contributed by atoms with Gasteiger partial charge >= 0.3 is 6.03 Å². The van der Waals surface area contributed by atoms with E-state index in [1.807, 2.05) is 6.92 Å². The molecule has 0 aliphatic carbocycles. The van der Waals surface area contributed by atoms with Crippen molar-refractivity contribution in [3.63, 3.8) is 0 Å². The first-order valence-corrected chi connectivity index (χ1v) is 4.32. The molecule has 4 nitrogen and oxygen atoms in total. The summed E-state index contributed by atoms with van der Waals surface area (Å²) < 4.78 is 5.35. The summed E-state index contributed by atoms with van der Waals surface area (Å²) in [5.41, 5.74) is 0. The zero-order chi connectivity index (χ0) is 8.97. The molecule has 4 heteroatoms. The van der Waals surface area contributed by atoms with Crippen molar-refractivity contribution in [1.29, 1.82) is 0 Å². The molecule has 2 N–H and O–H groups in total. The van der Waals surface area contributed by atoms with Gasteiger partial charge in [-0.25, -0.2) is 4.79 Å². The van der Waals surface area contributed by atoms with Crippen LogP contribution in [-0.2, 0) is 4.74 Å². The van der Waals surface area contributed by atoms with Crippen molar-refractivity contribution >= 4 is 6.03 Å². The van der Waals surface area contributed by atoms with Crippen molar-refractivity contribution in [2.75, 3.05) is 13.7 Å². The molecule has 0 aromatic heterocycles. The van der Waals surface area contributed by atoms with Crippen LogP contribution in [-0.4, -0.2) is 31.8 Å². The van der Waals surface area contributed by atoms with Crippen LogP contribution in [0, 0.1) is 0 Å². The summed E-state index contributed by atoms with van der Waals surface area (Å²) in [5.74, 6) is 0. The minimum absolute atomic E-state index is 0.103. The first-order chi connectivity index (χ1) is 5.72. The molecular weight excluding hydrogens is 156 g/mol. The molecule has 0 aromatic rings. The Balaban J connectivity index is 2.27. The van der Waals surface area contributed by atoms with Crippen LogP contribution in [0.5, 0.6) is 0 Å². The molecule has 0 spiro atoms. The number of ether oxygens (including phenoxy) is 1. The predicted octanol–water partition coefficient (Wildman–Crippen LogP) is 0.483. The molecule has 0 radical (unpaired) electrons. The largest absolute Gasteiger partial charge is 0.378 e. The van der Waals surface area contributed by atoms with Gasteiger partial charge in [-0.3, -0.25) is 0 Å². The van der Waals surface area contributed by atoms with E-state index in [9.17, 15) is 4.79 Å². The molecule has 0 bridgehead atoms. The lowest BCUT2D eigenvalue weighted by Gasteiger charge is -2.27. The molecular formula is C8H16N2O2.